The highest BCUT2D eigenvalue weighted by molar-refractivity contribution is 6.33. The molecular weight excluding hydrogens is 508 g/mol. The number of nitrogens with zero attached hydrogens (tertiary/aromatic N) is 2. The van der Waals surface area contributed by atoms with E-state index in [0.717, 1.165) is 19.8 Å². The minimum Gasteiger partial charge on any atom is -0.468 e. The fourth-order valence-corrected chi connectivity index (χ4v) is 5.78. The zero-order valence-electron chi connectivity index (χ0n) is 23.1. The van der Waals surface area contributed by atoms with Crippen LogP contribution in [0.3, 0.4) is 0 Å². The van der Waals surface area contributed by atoms with Crippen LogP contribution in [0.2, 0.25) is 0 Å². The molecule has 40 heavy (non-hydrogen) atoms. The summed E-state index contributed by atoms with van der Waals surface area (Å²) in [5.41, 5.74) is -4.43. The molecular formula is C32H28N2O6. The number of hydrogen-bond acceptors (Lipinski definition) is 8. The molecule has 0 amide bonds. The third kappa shape index (κ3) is 3.49. The molecule has 0 bridgehead atoms. The van der Waals surface area contributed by atoms with E-state index in [-0.39, 0.29) is 39.7 Å². The normalized spacial score (nSPS) is 25.4. The predicted octanol–water partition coefficient (Wildman–Crippen LogP) is 4.27. The van der Waals surface area contributed by atoms with Crippen molar-refractivity contribution in [2.45, 2.75) is 27.7 Å². The van der Waals surface area contributed by atoms with Crippen molar-refractivity contribution in [2.24, 2.45) is 22.7 Å². The SMILES string of the molecule is COC(=O)C1=C2C=C(C(C)C)C=CC=C2[C@](C#N)([C@@]2(C(=O)OC)C(=O)C(C#N)=C3C=CC=C(C(C)C)C=C32)C1=O. The summed E-state index contributed by atoms with van der Waals surface area (Å²) in [5, 5.41) is 21.1. The average Bonchev–Trinajstić information content (AvgIpc) is 3.12. The maximum Gasteiger partial charge on any atom is 0.342 e. The zero-order valence-corrected chi connectivity index (χ0v) is 23.1. The number of fused-ring (bicyclic) bond motifs is 2. The zero-order chi connectivity index (χ0) is 29.6. The second kappa shape index (κ2) is 10.1. The molecule has 0 aromatic rings. The lowest BCUT2D eigenvalue weighted by atomic mass is 9.54. The Morgan fingerprint density at radius 1 is 0.825 bits per heavy atom. The molecule has 4 rings (SSSR count). The van der Waals surface area contributed by atoms with E-state index in [2.05, 4.69) is 0 Å². The Morgan fingerprint density at radius 3 is 2.02 bits per heavy atom. The van der Waals surface area contributed by atoms with E-state index < -0.39 is 39.9 Å². The summed E-state index contributed by atoms with van der Waals surface area (Å²) in [6.07, 6.45) is 13.0. The Kier molecular flexibility index (Phi) is 7.09. The van der Waals surface area contributed by atoms with Gasteiger partial charge in [-0.1, -0.05) is 76.3 Å². The lowest BCUT2D eigenvalue weighted by molar-refractivity contribution is -0.161. The second-order valence-electron chi connectivity index (χ2n) is 10.4. The molecule has 0 heterocycles. The first-order valence-electron chi connectivity index (χ1n) is 12.8. The summed E-state index contributed by atoms with van der Waals surface area (Å²) in [6.45, 7) is 7.64. The van der Waals surface area contributed by atoms with Gasteiger partial charge in [0, 0.05) is 5.57 Å². The van der Waals surface area contributed by atoms with Gasteiger partial charge in [-0.25, -0.2) is 4.79 Å². The highest BCUT2D eigenvalue weighted by atomic mass is 16.5. The first kappa shape index (κ1) is 28.2. The molecule has 0 aromatic heterocycles. The molecule has 2 atom stereocenters. The lowest BCUT2D eigenvalue weighted by Gasteiger charge is -2.39. The molecule has 0 spiro atoms. The molecule has 0 saturated heterocycles. The molecule has 4 aliphatic rings. The van der Waals surface area contributed by atoms with Gasteiger partial charge in [0.05, 0.1) is 20.3 Å². The van der Waals surface area contributed by atoms with Crippen LogP contribution in [-0.4, -0.2) is 37.7 Å². The Bertz CT molecular complexity index is 1610. The van der Waals surface area contributed by atoms with Gasteiger partial charge in [0.1, 0.15) is 17.2 Å². The number of methoxy groups -OCH3 is 2. The molecule has 8 nitrogen and oxygen atoms in total. The predicted molar refractivity (Wildman–Crippen MR) is 144 cm³/mol. The van der Waals surface area contributed by atoms with Gasteiger partial charge in [-0.3, -0.25) is 14.4 Å². The van der Waals surface area contributed by atoms with Crippen molar-refractivity contribution in [3.63, 3.8) is 0 Å². The Balaban J connectivity index is 2.22. The maximum absolute atomic E-state index is 14.5. The van der Waals surface area contributed by atoms with Crippen LogP contribution in [-0.2, 0) is 28.7 Å². The van der Waals surface area contributed by atoms with Crippen LogP contribution in [0, 0.1) is 45.3 Å². The van der Waals surface area contributed by atoms with Gasteiger partial charge in [-0.2, -0.15) is 10.5 Å². The van der Waals surface area contributed by atoms with Crippen molar-refractivity contribution in [1.29, 1.82) is 10.5 Å². The van der Waals surface area contributed by atoms with Gasteiger partial charge >= 0.3 is 11.9 Å². The largest absolute Gasteiger partial charge is 0.468 e. The Labute approximate surface area is 232 Å². The van der Waals surface area contributed by atoms with Crippen molar-refractivity contribution in [1.82, 2.24) is 0 Å². The molecule has 0 N–H and O–H groups in total. The van der Waals surface area contributed by atoms with E-state index in [1.165, 1.54) is 12.2 Å². The third-order valence-electron chi connectivity index (χ3n) is 7.84. The van der Waals surface area contributed by atoms with Crippen molar-refractivity contribution in [2.75, 3.05) is 14.2 Å². The van der Waals surface area contributed by atoms with E-state index in [1.54, 1.807) is 36.5 Å². The molecule has 0 unspecified atom stereocenters. The van der Waals surface area contributed by atoms with Crippen LogP contribution >= 0.6 is 0 Å². The summed E-state index contributed by atoms with van der Waals surface area (Å²) in [6, 6.07) is 3.89. The number of nitriles is 2. The fraction of sp³-hybridized carbons (Fsp3) is 0.312. The molecule has 0 fully saturated rings. The third-order valence-corrected chi connectivity index (χ3v) is 7.84. The molecule has 0 aliphatic heterocycles. The fourth-order valence-electron chi connectivity index (χ4n) is 5.78. The van der Waals surface area contributed by atoms with Gasteiger partial charge in [-0.15, -0.1) is 0 Å². The summed E-state index contributed by atoms with van der Waals surface area (Å²) >= 11 is 0. The van der Waals surface area contributed by atoms with Gasteiger partial charge < -0.3 is 9.47 Å². The average molecular weight is 537 g/mol. The highest BCUT2D eigenvalue weighted by Gasteiger charge is 2.76. The quantitative estimate of drug-likeness (QED) is 0.289. The Hall–Kier alpha value is -4.82. The van der Waals surface area contributed by atoms with Crippen molar-refractivity contribution in [3.8, 4) is 12.1 Å². The van der Waals surface area contributed by atoms with Crippen LogP contribution < -0.4 is 0 Å². The van der Waals surface area contributed by atoms with Gasteiger partial charge in [0.25, 0.3) is 0 Å². The summed E-state index contributed by atoms with van der Waals surface area (Å²) in [4.78, 5) is 56.2. The van der Waals surface area contributed by atoms with Gasteiger partial charge in [-0.05, 0) is 39.7 Å². The molecule has 4 aliphatic carbocycles. The molecule has 0 aromatic carbocycles. The molecule has 8 heteroatoms. The van der Waals surface area contributed by atoms with E-state index in [1.807, 2.05) is 39.8 Å². The van der Waals surface area contributed by atoms with Crippen LogP contribution in [0.25, 0.3) is 0 Å². The van der Waals surface area contributed by atoms with Crippen molar-refractivity contribution >= 4 is 23.5 Å². The number of hydrogen-bond donors (Lipinski definition) is 0. The van der Waals surface area contributed by atoms with E-state index in [9.17, 15) is 29.7 Å². The minimum absolute atomic E-state index is 0.00263. The lowest BCUT2D eigenvalue weighted by Crippen LogP contribution is -2.56. The van der Waals surface area contributed by atoms with Crippen LogP contribution in [0.15, 0.2) is 93.2 Å². The summed E-state index contributed by atoms with van der Waals surface area (Å²) in [5.74, 6) is -4.42. The summed E-state index contributed by atoms with van der Waals surface area (Å²) < 4.78 is 10.1. The number of carbonyl (C=O) groups is 4. The standard InChI is InChI=1S/C32H28N2O6/c1-17(2)19-10-8-12-24-22(13-19)26(29(37)39-5)28(36)31(24,16-34)32(30(38)40-6)25-14-20(18(3)4)9-7-11-21(25)23(15-33)27(32)35/h7-14,17-18H,1-6H3/t31-,32+/m0/s1. The van der Waals surface area contributed by atoms with E-state index >= 15 is 0 Å². The molecule has 0 radical (unpaired) electrons. The van der Waals surface area contributed by atoms with Crippen LogP contribution in [0.1, 0.15) is 27.7 Å². The molecule has 202 valence electrons. The van der Waals surface area contributed by atoms with Crippen molar-refractivity contribution < 1.29 is 28.7 Å². The second-order valence-corrected chi connectivity index (χ2v) is 10.4. The number of carbonyl (C=O) groups excluding carboxylic acids is 4. The number of Topliss-reactive ketones (excluding diaryl/α,β-unsaturated/α-hetero) is 2. The maximum atomic E-state index is 14.5. The smallest absolute Gasteiger partial charge is 0.342 e. The van der Waals surface area contributed by atoms with Gasteiger partial charge in [0.15, 0.2) is 22.4 Å². The van der Waals surface area contributed by atoms with Crippen LogP contribution in [0.5, 0.6) is 0 Å². The number of allylic oxidation sites excluding steroid dienone is 14. The van der Waals surface area contributed by atoms with Gasteiger partial charge in [0.2, 0.25) is 0 Å². The first-order valence-corrected chi connectivity index (χ1v) is 12.8. The highest BCUT2D eigenvalue weighted by Crippen LogP contribution is 2.64. The number of ketones is 2. The summed E-state index contributed by atoms with van der Waals surface area (Å²) in [7, 11) is 2.15. The first-order chi connectivity index (χ1) is 19.0. The van der Waals surface area contributed by atoms with Crippen molar-refractivity contribution in [3.05, 3.63) is 93.2 Å². The number of ether oxygens (including phenoxy) is 2. The monoisotopic (exact) mass is 536 g/mol. The Morgan fingerprint density at radius 2 is 1.48 bits per heavy atom. The number of esters is 2. The topological polar surface area (TPSA) is 134 Å². The van der Waals surface area contributed by atoms with Crippen LogP contribution in [0.4, 0.5) is 0 Å². The van der Waals surface area contributed by atoms with E-state index in [4.69, 9.17) is 9.47 Å². The minimum atomic E-state index is -2.62. The number of rotatable bonds is 5. The molecule has 0 saturated carbocycles. The van der Waals surface area contributed by atoms with E-state index in [0.29, 0.717) is 5.57 Å².